The van der Waals surface area contributed by atoms with Crippen molar-refractivity contribution in [3.8, 4) is 40.2 Å². The molecule has 0 spiro atoms. The van der Waals surface area contributed by atoms with Crippen molar-refractivity contribution in [2.75, 3.05) is 65.6 Å². The van der Waals surface area contributed by atoms with Crippen LogP contribution in [0.3, 0.4) is 0 Å². The van der Waals surface area contributed by atoms with Crippen LogP contribution in [0.2, 0.25) is 0 Å². The SMILES string of the molecule is CCOc1ccn(-c2ccc(F)cc2)c(=O)c1C(=O)Nc1ccc(Oc2ccnc3cc(OCCCN(C)CCOC)c4c(c23)OCCO4)c(F)c1. The lowest BCUT2D eigenvalue weighted by atomic mass is 10.1. The minimum absolute atomic E-state index is 0.0435. The van der Waals surface area contributed by atoms with E-state index in [1.807, 2.05) is 7.05 Å². The van der Waals surface area contributed by atoms with Gasteiger partial charge in [0.25, 0.3) is 11.5 Å². The highest BCUT2D eigenvalue weighted by atomic mass is 19.1. The fraction of sp³-hybridized carbons (Fsp3) is 0.289. The molecule has 1 N–H and O–H groups in total. The summed E-state index contributed by atoms with van der Waals surface area (Å²) in [4.78, 5) is 33.5. The summed E-state index contributed by atoms with van der Waals surface area (Å²) < 4.78 is 65.1. The molecule has 12 nitrogen and oxygen atoms in total. The van der Waals surface area contributed by atoms with Crippen molar-refractivity contribution in [1.29, 1.82) is 0 Å². The molecule has 5 aromatic rings. The predicted octanol–water partition coefficient (Wildman–Crippen LogP) is 6.23. The Morgan fingerprint density at radius 1 is 0.923 bits per heavy atom. The van der Waals surface area contributed by atoms with E-state index in [2.05, 4.69) is 15.2 Å². The molecule has 0 unspecified atom stereocenters. The molecule has 1 amide bonds. The normalized spacial score (nSPS) is 12.2. The number of carbonyl (C=O) groups is 1. The number of methoxy groups -OCH3 is 1. The Kier molecular flexibility index (Phi) is 11.5. The molecule has 272 valence electrons. The van der Waals surface area contributed by atoms with Crippen LogP contribution in [0.5, 0.6) is 34.5 Å². The topological polar surface area (TPSA) is 123 Å². The number of fused-ring (bicyclic) bond motifs is 3. The van der Waals surface area contributed by atoms with Crippen LogP contribution < -0.4 is 34.6 Å². The zero-order valence-electron chi connectivity index (χ0n) is 28.9. The van der Waals surface area contributed by atoms with Gasteiger partial charge in [0.05, 0.1) is 30.7 Å². The third kappa shape index (κ3) is 8.08. The number of carbonyl (C=O) groups excluding carboxylic acids is 1. The summed E-state index contributed by atoms with van der Waals surface area (Å²) in [5.74, 6) is -0.643. The summed E-state index contributed by atoms with van der Waals surface area (Å²) >= 11 is 0. The molecule has 0 saturated heterocycles. The van der Waals surface area contributed by atoms with E-state index < -0.39 is 23.1 Å². The maximum absolute atomic E-state index is 15.6. The molecule has 0 bridgehead atoms. The van der Waals surface area contributed by atoms with E-state index in [0.717, 1.165) is 25.6 Å². The van der Waals surface area contributed by atoms with E-state index in [-0.39, 0.29) is 41.7 Å². The fourth-order valence-corrected chi connectivity index (χ4v) is 5.62. The van der Waals surface area contributed by atoms with E-state index in [1.54, 1.807) is 26.2 Å². The molecule has 0 fully saturated rings. The third-order valence-corrected chi connectivity index (χ3v) is 8.16. The number of hydrogen-bond acceptors (Lipinski definition) is 10. The summed E-state index contributed by atoms with van der Waals surface area (Å²) in [5.41, 5.74) is -0.0954. The van der Waals surface area contributed by atoms with Crippen LogP contribution in [-0.4, -0.2) is 80.6 Å². The first-order valence-electron chi connectivity index (χ1n) is 16.7. The summed E-state index contributed by atoms with van der Waals surface area (Å²) in [6, 6.07) is 13.9. The minimum atomic E-state index is -0.821. The Bertz CT molecular complexity index is 2110. The highest BCUT2D eigenvalue weighted by Crippen LogP contribution is 2.48. The molecule has 0 saturated carbocycles. The molecule has 0 radical (unpaired) electrons. The van der Waals surface area contributed by atoms with Crippen molar-refractivity contribution < 1.29 is 42.0 Å². The number of amides is 1. The van der Waals surface area contributed by atoms with E-state index in [0.29, 0.717) is 53.7 Å². The van der Waals surface area contributed by atoms with Crippen molar-refractivity contribution in [2.45, 2.75) is 13.3 Å². The van der Waals surface area contributed by atoms with Crippen LogP contribution in [0.15, 0.2) is 77.9 Å². The van der Waals surface area contributed by atoms with Gasteiger partial charge in [-0.2, -0.15) is 0 Å². The number of nitrogens with zero attached hydrogens (tertiary/aromatic N) is 3. The molecule has 52 heavy (non-hydrogen) atoms. The number of halogens is 2. The summed E-state index contributed by atoms with van der Waals surface area (Å²) in [6.07, 6.45) is 3.73. The molecule has 2 aromatic heterocycles. The Morgan fingerprint density at radius 3 is 2.46 bits per heavy atom. The summed E-state index contributed by atoms with van der Waals surface area (Å²) in [5, 5.41) is 3.05. The van der Waals surface area contributed by atoms with Gasteiger partial charge in [-0.15, -0.1) is 0 Å². The lowest BCUT2D eigenvalue weighted by Gasteiger charge is -2.24. The molecular formula is C38H38F2N4O8. The van der Waals surface area contributed by atoms with Crippen molar-refractivity contribution in [3.05, 3.63) is 101 Å². The number of hydrogen-bond donors (Lipinski definition) is 1. The largest absolute Gasteiger partial charge is 0.493 e. The van der Waals surface area contributed by atoms with Crippen LogP contribution in [0.1, 0.15) is 23.7 Å². The maximum atomic E-state index is 15.6. The molecule has 1 aliphatic heterocycles. The van der Waals surface area contributed by atoms with Crippen LogP contribution in [0.25, 0.3) is 16.6 Å². The smallest absolute Gasteiger partial charge is 0.271 e. The van der Waals surface area contributed by atoms with Gasteiger partial charge in [-0.25, -0.2) is 8.78 Å². The lowest BCUT2D eigenvalue weighted by Crippen LogP contribution is -2.29. The highest BCUT2D eigenvalue weighted by Gasteiger charge is 2.26. The van der Waals surface area contributed by atoms with Crippen LogP contribution >= 0.6 is 0 Å². The fourth-order valence-electron chi connectivity index (χ4n) is 5.62. The van der Waals surface area contributed by atoms with Crippen molar-refractivity contribution in [2.24, 2.45) is 0 Å². The van der Waals surface area contributed by atoms with Gasteiger partial charge < -0.3 is 38.6 Å². The number of anilines is 1. The number of aromatic nitrogens is 2. The number of nitrogens with one attached hydrogen (secondary N) is 1. The van der Waals surface area contributed by atoms with Crippen LogP contribution in [0.4, 0.5) is 14.5 Å². The van der Waals surface area contributed by atoms with Gasteiger partial charge in [0.15, 0.2) is 23.1 Å². The van der Waals surface area contributed by atoms with E-state index in [1.165, 1.54) is 59.4 Å². The first-order chi connectivity index (χ1) is 25.3. The summed E-state index contributed by atoms with van der Waals surface area (Å²) in [7, 11) is 3.69. The average molecular weight is 717 g/mol. The van der Waals surface area contributed by atoms with Gasteiger partial charge in [0.1, 0.15) is 36.1 Å². The van der Waals surface area contributed by atoms with Crippen LogP contribution in [-0.2, 0) is 4.74 Å². The Morgan fingerprint density at radius 2 is 1.71 bits per heavy atom. The number of ether oxygens (including phenoxy) is 6. The minimum Gasteiger partial charge on any atom is -0.493 e. The van der Waals surface area contributed by atoms with Gasteiger partial charge in [-0.05, 0) is 68.9 Å². The van der Waals surface area contributed by atoms with E-state index in [9.17, 15) is 14.0 Å². The van der Waals surface area contributed by atoms with E-state index in [4.69, 9.17) is 28.4 Å². The standard InChI is InChI=1S/C38H38F2N4O8/c1-4-48-30-13-16-44(26-9-6-24(39)7-10-26)38(46)34(30)37(45)42-25-8-11-29(27(40)22-25)52-31-12-14-41-28-23-32(35-36(33(28)31)51-21-20-50-35)49-18-5-15-43(2)17-19-47-3/h6-14,16,22-23H,4-5,15,17-21H2,1-3H3,(H,42,45). The molecular weight excluding hydrogens is 678 g/mol. The van der Waals surface area contributed by atoms with Gasteiger partial charge >= 0.3 is 0 Å². The first-order valence-corrected chi connectivity index (χ1v) is 16.7. The molecule has 14 heteroatoms. The Hall–Kier alpha value is -5.73. The monoisotopic (exact) mass is 716 g/mol. The molecule has 0 aliphatic carbocycles. The zero-order valence-corrected chi connectivity index (χ0v) is 28.9. The second kappa shape index (κ2) is 16.5. The van der Waals surface area contributed by atoms with Crippen LogP contribution in [0, 0.1) is 11.6 Å². The van der Waals surface area contributed by atoms with Gasteiger partial charge in [-0.3, -0.25) is 19.1 Å². The Labute approximate surface area is 298 Å². The van der Waals surface area contributed by atoms with Gasteiger partial charge in [0, 0.05) is 56.1 Å². The number of likely N-dealkylation sites (N-methyl/N-ethyl adjacent to an activating group) is 1. The third-order valence-electron chi connectivity index (χ3n) is 8.16. The average Bonchev–Trinajstić information content (AvgIpc) is 3.14. The second-order valence-corrected chi connectivity index (χ2v) is 11.8. The zero-order chi connectivity index (χ0) is 36.6. The lowest BCUT2D eigenvalue weighted by molar-refractivity contribution is 0.102. The summed E-state index contributed by atoms with van der Waals surface area (Å²) in [6.45, 7) is 5.22. The molecule has 3 aromatic carbocycles. The molecule has 3 heterocycles. The number of rotatable bonds is 15. The molecule has 1 aliphatic rings. The second-order valence-electron chi connectivity index (χ2n) is 11.8. The molecule has 6 rings (SSSR count). The quantitative estimate of drug-likeness (QED) is 0.125. The van der Waals surface area contributed by atoms with Crippen molar-refractivity contribution in [1.82, 2.24) is 14.5 Å². The first kappa shape index (κ1) is 36.1. The number of benzene rings is 3. The van der Waals surface area contributed by atoms with Gasteiger partial charge in [-0.1, -0.05) is 0 Å². The predicted molar refractivity (Wildman–Crippen MR) is 190 cm³/mol. The van der Waals surface area contributed by atoms with Crippen molar-refractivity contribution in [3.63, 3.8) is 0 Å². The molecule has 0 atom stereocenters. The van der Waals surface area contributed by atoms with E-state index >= 15 is 4.39 Å². The Balaban J connectivity index is 1.22. The highest BCUT2D eigenvalue weighted by molar-refractivity contribution is 6.06. The maximum Gasteiger partial charge on any atom is 0.271 e. The van der Waals surface area contributed by atoms with Gasteiger partial charge in [0.2, 0.25) is 5.75 Å². The number of pyridine rings is 2. The van der Waals surface area contributed by atoms with Crippen molar-refractivity contribution >= 4 is 22.5 Å².